The lowest BCUT2D eigenvalue weighted by atomic mass is 10.1. The van der Waals surface area contributed by atoms with Crippen LogP contribution in [-0.4, -0.2) is 44.6 Å². The molecule has 0 atom stereocenters. The molecule has 7 nitrogen and oxygen atoms in total. The van der Waals surface area contributed by atoms with Gasteiger partial charge in [-0.3, -0.25) is 19.3 Å². The highest BCUT2D eigenvalue weighted by Gasteiger charge is 2.18. The molecule has 3 rings (SSSR count). The van der Waals surface area contributed by atoms with Crippen LogP contribution in [0.4, 0.5) is 5.69 Å². The number of carbonyl (C=O) groups is 2. The van der Waals surface area contributed by atoms with Crippen LogP contribution in [0.5, 0.6) is 0 Å². The minimum Gasteiger partial charge on any atom is -0.333 e. The molecule has 0 saturated carbocycles. The van der Waals surface area contributed by atoms with Gasteiger partial charge in [-0.15, -0.1) is 0 Å². The summed E-state index contributed by atoms with van der Waals surface area (Å²) < 4.78 is 1.76. The molecule has 1 aliphatic heterocycles. The van der Waals surface area contributed by atoms with Crippen LogP contribution in [-0.2, 0) is 16.1 Å². The van der Waals surface area contributed by atoms with Gasteiger partial charge in [-0.05, 0) is 30.5 Å². The summed E-state index contributed by atoms with van der Waals surface area (Å²) in [4.78, 5) is 30.0. The van der Waals surface area contributed by atoms with Gasteiger partial charge in [0.25, 0.3) is 0 Å². The van der Waals surface area contributed by atoms with Gasteiger partial charge < -0.3 is 10.2 Å². The quantitative estimate of drug-likeness (QED) is 0.903. The predicted octanol–water partition coefficient (Wildman–Crippen LogP) is 2.06. The lowest BCUT2D eigenvalue weighted by molar-refractivity contribution is -0.135. The molecule has 0 unspecified atom stereocenters. The zero-order valence-electron chi connectivity index (χ0n) is 14.2. The van der Waals surface area contributed by atoms with E-state index in [1.54, 1.807) is 34.4 Å². The maximum atomic E-state index is 12.2. The number of amides is 2. The minimum atomic E-state index is -0.183. The number of hydrogen-bond acceptors (Lipinski definition) is 4. The number of rotatable bonds is 5. The van der Waals surface area contributed by atoms with E-state index in [4.69, 9.17) is 0 Å². The summed E-state index contributed by atoms with van der Waals surface area (Å²) in [5.74, 6) is -0.111. The van der Waals surface area contributed by atoms with Crippen molar-refractivity contribution in [3.05, 3.63) is 42.5 Å². The summed E-state index contributed by atoms with van der Waals surface area (Å²) in [6, 6.07) is 3.85. The standard InChI is InChI=1S/C18H23N5O2/c24-17(14-22-10-4-2-1-3-5-18(22)25)21-16-11-20-23(13-16)12-15-6-8-19-9-7-15/h6-9,11,13H,1-5,10,12,14H2,(H,21,24). The molecule has 0 aromatic carbocycles. The number of anilines is 1. The van der Waals surface area contributed by atoms with Crippen LogP contribution in [0.25, 0.3) is 0 Å². The van der Waals surface area contributed by atoms with Gasteiger partial charge in [0.15, 0.2) is 0 Å². The van der Waals surface area contributed by atoms with E-state index in [9.17, 15) is 9.59 Å². The lowest BCUT2D eigenvalue weighted by Crippen LogP contribution is -2.39. The molecule has 25 heavy (non-hydrogen) atoms. The van der Waals surface area contributed by atoms with Crippen molar-refractivity contribution in [2.75, 3.05) is 18.4 Å². The number of hydrogen-bond donors (Lipinski definition) is 1. The number of aromatic nitrogens is 3. The molecule has 0 radical (unpaired) electrons. The fraction of sp³-hybridized carbons (Fsp3) is 0.444. The Labute approximate surface area is 147 Å². The van der Waals surface area contributed by atoms with Crippen molar-refractivity contribution >= 4 is 17.5 Å². The second-order valence-electron chi connectivity index (χ2n) is 6.31. The monoisotopic (exact) mass is 341 g/mol. The van der Waals surface area contributed by atoms with Crippen molar-refractivity contribution in [2.45, 2.75) is 38.6 Å². The van der Waals surface area contributed by atoms with Gasteiger partial charge in [-0.1, -0.05) is 12.8 Å². The number of pyridine rings is 1. The Kier molecular flexibility index (Phi) is 5.77. The molecular formula is C18H23N5O2. The topological polar surface area (TPSA) is 80.1 Å². The summed E-state index contributed by atoms with van der Waals surface area (Å²) >= 11 is 0. The predicted molar refractivity (Wildman–Crippen MR) is 93.9 cm³/mol. The molecule has 1 saturated heterocycles. The van der Waals surface area contributed by atoms with Crippen molar-refractivity contribution in [1.82, 2.24) is 19.7 Å². The summed E-state index contributed by atoms with van der Waals surface area (Å²) in [7, 11) is 0. The van der Waals surface area contributed by atoms with E-state index in [2.05, 4.69) is 15.4 Å². The molecule has 3 heterocycles. The van der Waals surface area contributed by atoms with Crippen LogP contribution in [0.3, 0.4) is 0 Å². The molecule has 1 fully saturated rings. The van der Waals surface area contributed by atoms with Gasteiger partial charge in [-0.2, -0.15) is 5.10 Å². The molecule has 0 spiro atoms. The molecular weight excluding hydrogens is 318 g/mol. The van der Waals surface area contributed by atoms with Gasteiger partial charge in [0.2, 0.25) is 11.8 Å². The number of nitrogens with one attached hydrogen (secondary N) is 1. The third-order valence-electron chi connectivity index (χ3n) is 4.27. The Morgan fingerprint density at radius 3 is 2.80 bits per heavy atom. The highest BCUT2D eigenvalue weighted by Crippen LogP contribution is 2.12. The van der Waals surface area contributed by atoms with Crippen molar-refractivity contribution < 1.29 is 9.59 Å². The maximum Gasteiger partial charge on any atom is 0.244 e. The van der Waals surface area contributed by atoms with Crippen molar-refractivity contribution in [2.24, 2.45) is 0 Å². The number of nitrogens with zero attached hydrogens (tertiary/aromatic N) is 4. The highest BCUT2D eigenvalue weighted by atomic mass is 16.2. The van der Waals surface area contributed by atoms with Gasteiger partial charge in [0.05, 0.1) is 25.0 Å². The molecule has 0 bridgehead atoms. The number of carbonyl (C=O) groups excluding carboxylic acids is 2. The van der Waals surface area contributed by atoms with E-state index >= 15 is 0 Å². The number of likely N-dealkylation sites (tertiary alicyclic amines) is 1. The SMILES string of the molecule is O=C(CN1CCCCCCC1=O)Nc1cnn(Cc2ccncc2)c1. The Morgan fingerprint density at radius 2 is 1.96 bits per heavy atom. The van der Waals surface area contributed by atoms with Crippen LogP contribution in [0.2, 0.25) is 0 Å². The first kappa shape index (κ1) is 17.1. The lowest BCUT2D eigenvalue weighted by Gasteiger charge is -2.24. The van der Waals surface area contributed by atoms with E-state index in [-0.39, 0.29) is 18.4 Å². The van der Waals surface area contributed by atoms with Crippen LogP contribution < -0.4 is 5.32 Å². The highest BCUT2D eigenvalue weighted by molar-refractivity contribution is 5.94. The van der Waals surface area contributed by atoms with Gasteiger partial charge in [-0.25, -0.2) is 0 Å². The van der Waals surface area contributed by atoms with Crippen LogP contribution in [0.15, 0.2) is 36.9 Å². The smallest absolute Gasteiger partial charge is 0.244 e. The van der Waals surface area contributed by atoms with E-state index in [1.165, 1.54) is 0 Å². The zero-order valence-corrected chi connectivity index (χ0v) is 14.2. The molecule has 2 amide bonds. The van der Waals surface area contributed by atoms with Crippen molar-refractivity contribution in [1.29, 1.82) is 0 Å². The Balaban J connectivity index is 1.53. The van der Waals surface area contributed by atoms with Crippen LogP contribution in [0.1, 0.15) is 37.7 Å². The van der Waals surface area contributed by atoms with Crippen LogP contribution in [0, 0.1) is 0 Å². The first-order chi connectivity index (χ1) is 12.2. The fourth-order valence-corrected chi connectivity index (χ4v) is 2.95. The van der Waals surface area contributed by atoms with Crippen molar-refractivity contribution in [3.8, 4) is 0 Å². The summed E-state index contributed by atoms with van der Waals surface area (Å²) in [5, 5.41) is 7.08. The third kappa shape index (κ3) is 5.14. The first-order valence-corrected chi connectivity index (χ1v) is 8.70. The average Bonchev–Trinajstić information content (AvgIpc) is 3.02. The van der Waals surface area contributed by atoms with E-state index < -0.39 is 0 Å². The maximum absolute atomic E-state index is 12.2. The zero-order chi connectivity index (χ0) is 17.5. The second-order valence-corrected chi connectivity index (χ2v) is 6.31. The molecule has 7 heteroatoms. The molecule has 0 aliphatic carbocycles. The Hall–Kier alpha value is -2.70. The minimum absolute atomic E-state index is 0.0724. The van der Waals surface area contributed by atoms with Gasteiger partial charge in [0, 0.05) is 31.6 Å². The normalized spacial score (nSPS) is 15.5. The van der Waals surface area contributed by atoms with E-state index in [1.807, 2.05) is 12.1 Å². The molecule has 1 aliphatic rings. The van der Waals surface area contributed by atoms with E-state index in [0.717, 1.165) is 31.2 Å². The first-order valence-electron chi connectivity index (χ1n) is 8.70. The Bertz CT molecular complexity index is 713. The molecule has 2 aromatic heterocycles. The largest absolute Gasteiger partial charge is 0.333 e. The van der Waals surface area contributed by atoms with Crippen molar-refractivity contribution in [3.63, 3.8) is 0 Å². The molecule has 132 valence electrons. The Morgan fingerprint density at radius 1 is 1.16 bits per heavy atom. The summed E-state index contributed by atoms with van der Waals surface area (Å²) in [5.41, 5.74) is 1.72. The summed E-state index contributed by atoms with van der Waals surface area (Å²) in [6.45, 7) is 1.38. The summed E-state index contributed by atoms with van der Waals surface area (Å²) in [6.07, 6.45) is 11.5. The molecule has 2 aromatic rings. The van der Waals surface area contributed by atoms with Gasteiger partial charge >= 0.3 is 0 Å². The van der Waals surface area contributed by atoms with Crippen LogP contribution >= 0.6 is 0 Å². The average molecular weight is 341 g/mol. The fourth-order valence-electron chi connectivity index (χ4n) is 2.95. The molecule has 1 N–H and O–H groups in total. The van der Waals surface area contributed by atoms with Gasteiger partial charge in [0.1, 0.15) is 0 Å². The van der Waals surface area contributed by atoms with E-state index in [0.29, 0.717) is 25.2 Å². The second kappa shape index (κ2) is 8.41. The third-order valence-corrected chi connectivity index (χ3v) is 4.27.